The molecule has 4 heteroatoms. The van der Waals surface area contributed by atoms with Gasteiger partial charge >= 0.3 is 0 Å². The molecule has 0 aliphatic rings. The Hall–Kier alpha value is -1.81. The SMILES string of the molecule is CCN(CCOC)C(=O)c1ccc2[nH]ccc2c1. The Morgan fingerprint density at radius 3 is 2.94 bits per heavy atom. The predicted molar refractivity (Wildman–Crippen MR) is 71.8 cm³/mol. The zero-order valence-corrected chi connectivity index (χ0v) is 10.8. The van der Waals surface area contributed by atoms with Gasteiger partial charge in [0.05, 0.1) is 6.61 Å². The lowest BCUT2D eigenvalue weighted by Crippen LogP contribution is -2.33. The molecule has 2 aromatic rings. The molecule has 1 heterocycles. The molecule has 0 spiro atoms. The highest BCUT2D eigenvalue weighted by molar-refractivity contribution is 5.98. The van der Waals surface area contributed by atoms with Gasteiger partial charge in [-0.1, -0.05) is 0 Å². The molecule has 0 aliphatic heterocycles. The van der Waals surface area contributed by atoms with Crippen LogP contribution in [0.1, 0.15) is 17.3 Å². The van der Waals surface area contributed by atoms with Crippen LogP contribution in [0.3, 0.4) is 0 Å². The van der Waals surface area contributed by atoms with Crippen molar-refractivity contribution < 1.29 is 9.53 Å². The van der Waals surface area contributed by atoms with Crippen molar-refractivity contribution in [3.63, 3.8) is 0 Å². The van der Waals surface area contributed by atoms with Crippen LogP contribution in [-0.2, 0) is 4.74 Å². The molecule has 0 atom stereocenters. The number of aromatic nitrogens is 1. The van der Waals surface area contributed by atoms with E-state index in [1.54, 1.807) is 12.0 Å². The number of amides is 1. The molecule has 1 aromatic carbocycles. The van der Waals surface area contributed by atoms with Crippen LogP contribution in [0.5, 0.6) is 0 Å². The summed E-state index contributed by atoms with van der Waals surface area (Å²) >= 11 is 0. The lowest BCUT2D eigenvalue weighted by atomic mass is 10.1. The van der Waals surface area contributed by atoms with Crippen LogP contribution < -0.4 is 0 Å². The Morgan fingerprint density at radius 2 is 2.22 bits per heavy atom. The van der Waals surface area contributed by atoms with Crippen molar-refractivity contribution in [2.75, 3.05) is 26.8 Å². The molecule has 0 radical (unpaired) electrons. The number of benzene rings is 1. The van der Waals surface area contributed by atoms with Crippen molar-refractivity contribution in [3.8, 4) is 0 Å². The Labute approximate surface area is 107 Å². The number of rotatable bonds is 5. The topological polar surface area (TPSA) is 45.3 Å². The number of aromatic amines is 1. The number of carbonyl (C=O) groups is 1. The van der Waals surface area contributed by atoms with E-state index in [1.165, 1.54) is 0 Å². The van der Waals surface area contributed by atoms with Gasteiger partial charge in [-0.25, -0.2) is 0 Å². The van der Waals surface area contributed by atoms with E-state index < -0.39 is 0 Å². The smallest absolute Gasteiger partial charge is 0.253 e. The highest BCUT2D eigenvalue weighted by Crippen LogP contribution is 2.15. The first-order chi connectivity index (χ1) is 8.76. The van der Waals surface area contributed by atoms with E-state index in [0.29, 0.717) is 19.7 Å². The average molecular weight is 246 g/mol. The fraction of sp³-hybridized carbons (Fsp3) is 0.357. The molecule has 4 nitrogen and oxygen atoms in total. The second-order valence-electron chi connectivity index (χ2n) is 4.16. The number of hydrogen-bond donors (Lipinski definition) is 1. The van der Waals surface area contributed by atoms with Gasteiger partial charge in [0.25, 0.3) is 5.91 Å². The maximum absolute atomic E-state index is 12.3. The summed E-state index contributed by atoms with van der Waals surface area (Å²) in [7, 11) is 1.64. The Balaban J connectivity index is 2.20. The third-order valence-corrected chi connectivity index (χ3v) is 3.03. The Kier molecular flexibility index (Phi) is 3.99. The van der Waals surface area contributed by atoms with Crippen LogP contribution in [0.2, 0.25) is 0 Å². The van der Waals surface area contributed by atoms with Gasteiger partial charge < -0.3 is 14.6 Å². The molecule has 0 fully saturated rings. The van der Waals surface area contributed by atoms with Gasteiger partial charge in [-0.2, -0.15) is 0 Å². The molecule has 0 saturated heterocycles. The first kappa shape index (κ1) is 12.6. The quantitative estimate of drug-likeness (QED) is 0.879. The van der Waals surface area contributed by atoms with E-state index >= 15 is 0 Å². The number of methoxy groups -OCH3 is 1. The number of fused-ring (bicyclic) bond motifs is 1. The molecule has 1 aromatic heterocycles. The number of carbonyl (C=O) groups excluding carboxylic acids is 1. The van der Waals surface area contributed by atoms with Crippen LogP contribution in [-0.4, -0.2) is 42.6 Å². The van der Waals surface area contributed by atoms with Crippen LogP contribution >= 0.6 is 0 Å². The van der Waals surface area contributed by atoms with Gasteiger partial charge in [-0.05, 0) is 31.2 Å². The van der Waals surface area contributed by atoms with Crippen molar-refractivity contribution in [1.29, 1.82) is 0 Å². The number of likely N-dealkylation sites (N-methyl/N-ethyl adjacent to an activating group) is 1. The van der Waals surface area contributed by atoms with E-state index in [0.717, 1.165) is 16.5 Å². The molecule has 0 aliphatic carbocycles. The van der Waals surface area contributed by atoms with Crippen LogP contribution in [0.4, 0.5) is 0 Å². The van der Waals surface area contributed by atoms with Gasteiger partial charge in [-0.15, -0.1) is 0 Å². The van der Waals surface area contributed by atoms with Crippen LogP contribution in [0.15, 0.2) is 30.5 Å². The molecule has 0 bridgehead atoms. The van der Waals surface area contributed by atoms with Crippen molar-refractivity contribution in [1.82, 2.24) is 9.88 Å². The molecule has 1 amide bonds. The standard InChI is InChI=1S/C14H18N2O2/c1-3-16(8-9-18-2)14(17)12-4-5-13-11(10-12)6-7-15-13/h4-7,10,15H,3,8-9H2,1-2H3. The molecular weight excluding hydrogens is 228 g/mol. The molecule has 2 rings (SSSR count). The molecule has 0 saturated carbocycles. The first-order valence-electron chi connectivity index (χ1n) is 6.11. The summed E-state index contributed by atoms with van der Waals surface area (Å²) in [5.41, 5.74) is 1.77. The number of ether oxygens (including phenoxy) is 1. The highest BCUT2D eigenvalue weighted by Gasteiger charge is 2.14. The van der Waals surface area contributed by atoms with Crippen LogP contribution in [0, 0.1) is 0 Å². The molecule has 18 heavy (non-hydrogen) atoms. The van der Waals surface area contributed by atoms with E-state index in [9.17, 15) is 4.79 Å². The fourth-order valence-corrected chi connectivity index (χ4v) is 1.97. The van der Waals surface area contributed by atoms with Crippen molar-refractivity contribution in [3.05, 3.63) is 36.0 Å². The third kappa shape index (κ3) is 2.54. The van der Waals surface area contributed by atoms with Gasteiger partial charge in [0, 0.05) is 42.9 Å². The minimum absolute atomic E-state index is 0.0534. The van der Waals surface area contributed by atoms with E-state index in [4.69, 9.17) is 4.74 Å². The second kappa shape index (κ2) is 5.69. The number of nitrogens with one attached hydrogen (secondary N) is 1. The zero-order valence-electron chi connectivity index (χ0n) is 10.8. The van der Waals surface area contributed by atoms with E-state index in [1.807, 2.05) is 37.4 Å². The summed E-state index contributed by atoms with van der Waals surface area (Å²) in [4.78, 5) is 17.2. The summed E-state index contributed by atoms with van der Waals surface area (Å²) in [6.45, 7) is 3.85. The maximum atomic E-state index is 12.3. The summed E-state index contributed by atoms with van der Waals surface area (Å²) in [5.74, 6) is 0.0534. The van der Waals surface area contributed by atoms with E-state index in [-0.39, 0.29) is 5.91 Å². The summed E-state index contributed by atoms with van der Waals surface area (Å²) < 4.78 is 5.02. The minimum Gasteiger partial charge on any atom is -0.383 e. The molecule has 96 valence electrons. The lowest BCUT2D eigenvalue weighted by molar-refractivity contribution is 0.0706. The normalized spacial score (nSPS) is 10.8. The number of H-pyrrole nitrogens is 1. The van der Waals surface area contributed by atoms with Gasteiger partial charge in [0.1, 0.15) is 0 Å². The van der Waals surface area contributed by atoms with Crippen LogP contribution in [0.25, 0.3) is 10.9 Å². The van der Waals surface area contributed by atoms with Crippen molar-refractivity contribution >= 4 is 16.8 Å². The third-order valence-electron chi connectivity index (χ3n) is 3.03. The monoisotopic (exact) mass is 246 g/mol. The summed E-state index contributed by atoms with van der Waals surface area (Å²) in [6, 6.07) is 7.69. The Morgan fingerprint density at radius 1 is 1.39 bits per heavy atom. The molecular formula is C14H18N2O2. The van der Waals surface area contributed by atoms with Gasteiger partial charge in [-0.3, -0.25) is 4.79 Å². The lowest BCUT2D eigenvalue weighted by Gasteiger charge is -2.20. The molecule has 1 N–H and O–H groups in total. The maximum Gasteiger partial charge on any atom is 0.253 e. The fourth-order valence-electron chi connectivity index (χ4n) is 1.97. The van der Waals surface area contributed by atoms with E-state index in [2.05, 4.69) is 4.98 Å². The second-order valence-corrected chi connectivity index (χ2v) is 4.16. The first-order valence-corrected chi connectivity index (χ1v) is 6.11. The van der Waals surface area contributed by atoms with Crippen molar-refractivity contribution in [2.24, 2.45) is 0 Å². The largest absolute Gasteiger partial charge is 0.383 e. The zero-order chi connectivity index (χ0) is 13.0. The minimum atomic E-state index is 0.0534. The highest BCUT2D eigenvalue weighted by atomic mass is 16.5. The summed E-state index contributed by atoms with van der Waals surface area (Å²) in [5, 5.41) is 1.06. The van der Waals surface area contributed by atoms with Crippen molar-refractivity contribution in [2.45, 2.75) is 6.92 Å². The predicted octanol–water partition coefficient (Wildman–Crippen LogP) is 2.28. The molecule has 0 unspecified atom stereocenters. The van der Waals surface area contributed by atoms with Gasteiger partial charge in [0.15, 0.2) is 0 Å². The summed E-state index contributed by atoms with van der Waals surface area (Å²) in [6.07, 6.45) is 1.88. The van der Waals surface area contributed by atoms with Gasteiger partial charge in [0.2, 0.25) is 0 Å². The number of nitrogens with zero attached hydrogens (tertiary/aromatic N) is 1. The Bertz CT molecular complexity index is 533. The number of hydrogen-bond acceptors (Lipinski definition) is 2. The average Bonchev–Trinajstić information content (AvgIpc) is 2.86.